The first-order valence-corrected chi connectivity index (χ1v) is 7.74. The number of nitrogens with one attached hydrogen (secondary N) is 1. The first-order valence-electron chi connectivity index (χ1n) is 6.86. The lowest BCUT2D eigenvalue weighted by molar-refractivity contribution is 0.0672. The lowest BCUT2D eigenvalue weighted by Crippen LogP contribution is -2.29. The number of thiazole rings is 1. The molecule has 0 bridgehead atoms. The quantitative estimate of drug-likeness (QED) is 0.691. The maximum absolute atomic E-state index is 12.2. The zero-order valence-corrected chi connectivity index (χ0v) is 13.1. The van der Waals surface area contributed by atoms with Gasteiger partial charge in [0, 0.05) is 17.5 Å². The number of rotatable bonds is 4. The van der Waals surface area contributed by atoms with Crippen molar-refractivity contribution in [2.24, 2.45) is 0 Å². The Balaban J connectivity index is 1.87. The Kier molecular flexibility index (Phi) is 3.79. The molecule has 3 amide bonds. The van der Waals surface area contributed by atoms with Crippen LogP contribution < -0.4 is 5.32 Å². The monoisotopic (exact) mass is 327 g/mol. The van der Waals surface area contributed by atoms with Crippen molar-refractivity contribution in [2.75, 3.05) is 11.9 Å². The van der Waals surface area contributed by atoms with Gasteiger partial charge in [0.25, 0.3) is 17.7 Å². The topological polar surface area (TPSA) is 79.4 Å². The molecule has 23 heavy (non-hydrogen) atoms. The molecule has 1 aliphatic rings. The van der Waals surface area contributed by atoms with Gasteiger partial charge in [-0.1, -0.05) is 6.08 Å². The van der Waals surface area contributed by atoms with Crippen LogP contribution in [0.1, 0.15) is 36.8 Å². The first-order chi connectivity index (χ1) is 11.0. The highest BCUT2D eigenvalue weighted by Crippen LogP contribution is 2.24. The third-order valence-corrected chi connectivity index (χ3v) is 4.26. The molecular weight excluding hydrogens is 314 g/mol. The van der Waals surface area contributed by atoms with Crippen LogP contribution in [0.15, 0.2) is 36.2 Å². The predicted octanol–water partition coefficient (Wildman–Crippen LogP) is 2.49. The van der Waals surface area contributed by atoms with E-state index in [1.165, 1.54) is 35.6 Å². The molecule has 0 saturated heterocycles. The Labute approximate surface area is 136 Å². The van der Waals surface area contributed by atoms with Crippen molar-refractivity contribution in [3.8, 4) is 0 Å². The molecule has 0 atom stereocenters. The number of fused-ring (bicyclic) bond motifs is 1. The summed E-state index contributed by atoms with van der Waals surface area (Å²) >= 11 is 1.32. The van der Waals surface area contributed by atoms with Gasteiger partial charge in [0.05, 0.1) is 16.8 Å². The van der Waals surface area contributed by atoms with E-state index < -0.39 is 5.91 Å². The van der Waals surface area contributed by atoms with Crippen molar-refractivity contribution in [3.63, 3.8) is 0 Å². The molecule has 1 N–H and O–H groups in total. The van der Waals surface area contributed by atoms with Gasteiger partial charge >= 0.3 is 0 Å². The maximum Gasteiger partial charge on any atom is 0.261 e. The molecule has 6 nitrogen and oxygen atoms in total. The van der Waals surface area contributed by atoms with Crippen LogP contribution >= 0.6 is 11.3 Å². The number of hydrogen-bond acceptors (Lipinski definition) is 5. The van der Waals surface area contributed by atoms with E-state index in [9.17, 15) is 14.4 Å². The van der Waals surface area contributed by atoms with Crippen molar-refractivity contribution >= 4 is 34.2 Å². The number of aryl methyl sites for hydroxylation is 1. The molecule has 1 aromatic heterocycles. The second-order valence-electron chi connectivity index (χ2n) is 5.02. The van der Waals surface area contributed by atoms with E-state index in [0.717, 1.165) is 10.6 Å². The van der Waals surface area contributed by atoms with E-state index in [-0.39, 0.29) is 23.9 Å². The van der Waals surface area contributed by atoms with Gasteiger partial charge in [-0.25, -0.2) is 4.98 Å². The Morgan fingerprint density at radius 3 is 2.74 bits per heavy atom. The Morgan fingerprint density at radius 1 is 1.35 bits per heavy atom. The maximum atomic E-state index is 12.2. The largest absolute Gasteiger partial charge is 0.298 e. The molecule has 0 aliphatic carbocycles. The average molecular weight is 327 g/mol. The Morgan fingerprint density at radius 2 is 2.09 bits per heavy atom. The molecule has 0 unspecified atom stereocenters. The van der Waals surface area contributed by atoms with Crippen molar-refractivity contribution in [1.82, 2.24) is 9.88 Å². The normalized spacial score (nSPS) is 13.2. The third kappa shape index (κ3) is 2.66. The summed E-state index contributed by atoms with van der Waals surface area (Å²) in [4.78, 5) is 41.9. The minimum absolute atomic E-state index is 0.145. The van der Waals surface area contributed by atoms with Crippen molar-refractivity contribution in [2.45, 2.75) is 6.92 Å². The number of aromatic nitrogens is 1. The fourth-order valence-corrected chi connectivity index (χ4v) is 2.99. The van der Waals surface area contributed by atoms with Gasteiger partial charge in [0.1, 0.15) is 0 Å². The lowest BCUT2D eigenvalue weighted by atomic mass is 10.1. The Hall–Kier alpha value is -2.80. The second-order valence-corrected chi connectivity index (χ2v) is 5.88. The summed E-state index contributed by atoms with van der Waals surface area (Å²) in [6.07, 6.45) is 1.49. The van der Waals surface area contributed by atoms with E-state index >= 15 is 0 Å². The molecule has 0 spiro atoms. The van der Waals surface area contributed by atoms with Gasteiger partial charge in [0.2, 0.25) is 0 Å². The average Bonchev–Trinajstić information content (AvgIpc) is 3.04. The summed E-state index contributed by atoms with van der Waals surface area (Å²) in [7, 11) is 0. The number of anilines is 1. The van der Waals surface area contributed by atoms with Crippen molar-refractivity contribution < 1.29 is 14.4 Å². The molecule has 7 heteroatoms. The number of amides is 3. The van der Waals surface area contributed by atoms with Crippen LogP contribution in [0.2, 0.25) is 0 Å². The van der Waals surface area contributed by atoms with Gasteiger partial charge in [-0.05, 0) is 25.1 Å². The molecule has 1 aromatic carbocycles. The number of benzene rings is 1. The summed E-state index contributed by atoms with van der Waals surface area (Å²) in [6.45, 7) is 5.51. The van der Waals surface area contributed by atoms with Crippen LogP contribution in [0.3, 0.4) is 0 Å². The molecule has 1 aliphatic heterocycles. The van der Waals surface area contributed by atoms with Crippen molar-refractivity contribution in [1.29, 1.82) is 0 Å². The van der Waals surface area contributed by atoms with E-state index in [2.05, 4.69) is 16.9 Å². The summed E-state index contributed by atoms with van der Waals surface area (Å²) in [5, 5.41) is 4.99. The highest BCUT2D eigenvalue weighted by Gasteiger charge is 2.35. The molecule has 2 aromatic rings. The molecule has 2 heterocycles. The van der Waals surface area contributed by atoms with E-state index in [0.29, 0.717) is 16.3 Å². The van der Waals surface area contributed by atoms with Crippen LogP contribution in [0.25, 0.3) is 0 Å². The summed E-state index contributed by atoms with van der Waals surface area (Å²) in [6, 6.07) is 4.46. The molecule has 0 fully saturated rings. The van der Waals surface area contributed by atoms with Crippen LogP contribution in [0.4, 0.5) is 5.13 Å². The highest BCUT2D eigenvalue weighted by atomic mass is 32.1. The smallest absolute Gasteiger partial charge is 0.261 e. The van der Waals surface area contributed by atoms with Gasteiger partial charge in [-0.2, -0.15) is 0 Å². The first kappa shape index (κ1) is 15.1. The standard InChI is InChI=1S/C16H13N3O3S/c1-3-6-19-14(21)11-5-4-10(7-12(11)15(19)22)13(20)18-16-17-9(2)8-23-16/h3-5,7-8H,1,6H2,2H3,(H,17,18,20). The number of carbonyl (C=O) groups excluding carboxylic acids is 3. The van der Waals surface area contributed by atoms with Gasteiger partial charge < -0.3 is 0 Å². The molecule has 0 radical (unpaired) electrons. The third-order valence-electron chi connectivity index (χ3n) is 3.38. The zero-order chi connectivity index (χ0) is 16.6. The Bertz CT molecular complexity index is 841. The molecule has 3 rings (SSSR count). The predicted molar refractivity (Wildman–Crippen MR) is 86.8 cm³/mol. The number of imide groups is 1. The van der Waals surface area contributed by atoms with Crippen LogP contribution in [0, 0.1) is 6.92 Å². The van der Waals surface area contributed by atoms with Crippen LogP contribution in [-0.2, 0) is 0 Å². The number of nitrogens with zero attached hydrogens (tertiary/aromatic N) is 2. The molecule has 0 saturated carbocycles. The van der Waals surface area contributed by atoms with Crippen LogP contribution in [-0.4, -0.2) is 34.2 Å². The number of carbonyl (C=O) groups is 3. The number of hydrogen-bond donors (Lipinski definition) is 1. The van der Waals surface area contributed by atoms with Gasteiger partial charge in [-0.15, -0.1) is 17.9 Å². The fourth-order valence-electron chi connectivity index (χ4n) is 2.31. The fraction of sp³-hybridized carbons (Fsp3) is 0.125. The zero-order valence-electron chi connectivity index (χ0n) is 12.3. The molecular formula is C16H13N3O3S. The lowest BCUT2D eigenvalue weighted by Gasteiger charge is -2.09. The molecule has 116 valence electrons. The highest BCUT2D eigenvalue weighted by molar-refractivity contribution is 7.13. The van der Waals surface area contributed by atoms with E-state index in [1.54, 1.807) is 0 Å². The van der Waals surface area contributed by atoms with E-state index in [1.807, 2.05) is 12.3 Å². The summed E-state index contributed by atoms with van der Waals surface area (Å²) in [5.41, 5.74) is 1.66. The minimum atomic E-state index is -0.412. The minimum Gasteiger partial charge on any atom is -0.298 e. The van der Waals surface area contributed by atoms with E-state index in [4.69, 9.17) is 0 Å². The van der Waals surface area contributed by atoms with Crippen molar-refractivity contribution in [3.05, 3.63) is 58.6 Å². The summed E-state index contributed by atoms with van der Waals surface area (Å²) in [5.74, 6) is -1.15. The van der Waals surface area contributed by atoms with Gasteiger partial charge in [-0.3, -0.25) is 24.6 Å². The second kappa shape index (κ2) is 5.77. The van der Waals surface area contributed by atoms with Crippen LogP contribution in [0.5, 0.6) is 0 Å². The summed E-state index contributed by atoms with van der Waals surface area (Å²) < 4.78 is 0. The SMILES string of the molecule is C=CCN1C(=O)c2ccc(C(=O)Nc3nc(C)cs3)cc2C1=O. The van der Waals surface area contributed by atoms with Gasteiger partial charge in [0.15, 0.2) is 5.13 Å².